The first-order valence-corrected chi connectivity index (χ1v) is 12.9. The molecule has 0 aliphatic carbocycles. The minimum Gasteiger partial charge on any atom is -0.423 e. The number of amides is 2. The van der Waals surface area contributed by atoms with Crippen LogP contribution in [0, 0.1) is 3.57 Å². The van der Waals surface area contributed by atoms with Crippen LogP contribution in [0.4, 0.5) is 0 Å². The van der Waals surface area contributed by atoms with Crippen LogP contribution in [0.1, 0.15) is 33.0 Å². The van der Waals surface area contributed by atoms with Crippen LogP contribution in [0.2, 0.25) is 0 Å². The zero-order chi connectivity index (χ0) is 26.7. The molecule has 7 nitrogen and oxygen atoms in total. The number of halogens is 1. The van der Waals surface area contributed by atoms with Crippen molar-refractivity contribution in [3.63, 3.8) is 0 Å². The molecule has 0 saturated carbocycles. The maximum Gasteiger partial charge on any atom is 0.344 e. The van der Waals surface area contributed by atoms with Crippen LogP contribution >= 0.6 is 22.6 Å². The van der Waals surface area contributed by atoms with E-state index in [1.165, 1.54) is 6.21 Å². The number of hydrogen-bond acceptors (Lipinski definition) is 5. The molecule has 38 heavy (non-hydrogen) atoms. The van der Waals surface area contributed by atoms with Crippen molar-refractivity contribution in [3.05, 3.63) is 135 Å². The molecule has 0 fully saturated rings. The topological polar surface area (TPSA) is 96.9 Å². The van der Waals surface area contributed by atoms with Crippen molar-refractivity contribution in [2.45, 2.75) is 5.92 Å². The van der Waals surface area contributed by atoms with E-state index in [2.05, 4.69) is 38.4 Å². The summed E-state index contributed by atoms with van der Waals surface area (Å²) in [5.74, 6) is -1.32. The molecule has 0 aliphatic heterocycles. The number of benzene rings is 4. The molecule has 4 rings (SSSR count). The highest BCUT2D eigenvalue weighted by atomic mass is 127. The smallest absolute Gasteiger partial charge is 0.344 e. The second kappa shape index (κ2) is 13.3. The zero-order valence-corrected chi connectivity index (χ0v) is 22.4. The lowest BCUT2D eigenvalue weighted by atomic mass is 9.90. The van der Waals surface area contributed by atoms with Crippen molar-refractivity contribution in [1.29, 1.82) is 0 Å². The normalized spacial score (nSPS) is 10.8. The molecule has 8 heteroatoms. The van der Waals surface area contributed by atoms with Crippen LogP contribution in [0.15, 0.2) is 114 Å². The van der Waals surface area contributed by atoms with Crippen LogP contribution in [-0.2, 0) is 9.59 Å². The van der Waals surface area contributed by atoms with Gasteiger partial charge in [0.25, 0.3) is 5.91 Å². The molecule has 190 valence electrons. The highest BCUT2D eigenvalue weighted by Crippen LogP contribution is 2.24. The van der Waals surface area contributed by atoms with Crippen molar-refractivity contribution in [2.24, 2.45) is 5.10 Å². The van der Waals surface area contributed by atoms with Gasteiger partial charge in [0.05, 0.1) is 24.2 Å². The molecule has 0 radical (unpaired) electrons. The van der Waals surface area contributed by atoms with Gasteiger partial charge in [0.15, 0.2) is 0 Å². The monoisotopic (exact) mass is 617 g/mol. The number of hydrogen-bond donors (Lipinski definition) is 2. The Morgan fingerprint density at radius 2 is 1.37 bits per heavy atom. The summed E-state index contributed by atoms with van der Waals surface area (Å²) in [6.45, 7) is -0.223. The first kappa shape index (κ1) is 26.7. The number of esters is 1. The Bertz CT molecular complexity index is 1390. The Hall–Kier alpha value is -4.31. The van der Waals surface area contributed by atoms with Gasteiger partial charge in [0.1, 0.15) is 5.75 Å². The van der Waals surface area contributed by atoms with Crippen LogP contribution in [0.3, 0.4) is 0 Å². The van der Waals surface area contributed by atoms with E-state index in [-0.39, 0.29) is 12.5 Å². The zero-order valence-electron chi connectivity index (χ0n) is 20.2. The molecule has 4 aromatic rings. The molecule has 0 bridgehead atoms. The molecule has 0 unspecified atom stereocenters. The van der Waals surface area contributed by atoms with Crippen LogP contribution in [0.5, 0.6) is 5.75 Å². The van der Waals surface area contributed by atoms with Gasteiger partial charge in [-0.15, -0.1) is 0 Å². The number of carbonyl (C=O) groups excluding carboxylic acids is 3. The lowest BCUT2D eigenvalue weighted by Gasteiger charge is -2.17. The number of carbonyl (C=O) groups is 3. The fraction of sp³-hybridized carbons (Fsp3) is 0.0667. The predicted octanol–water partition coefficient (Wildman–Crippen LogP) is 4.91. The maximum atomic E-state index is 13.0. The predicted molar refractivity (Wildman–Crippen MR) is 154 cm³/mol. The minimum atomic E-state index is -0.535. The molecule has 2 N–H and O–H groups in total. The molecule has 0 aliphatic rings. The first-order chi connectivity index (χ1) is 18.5. The summed E-state index contributed by atoms with van der Waals surface area (Å²) in [5.41, 5.74) is 5.26. The summed E-state index contributed by atoms with van der Waals surface area (Å²) in [4.78, 5) is 37.6. The van der Waals surface area contributed by atoms with Gasteiger partial charge in [-0.3, -0.25) is 9.59 Å². The van der Waals surface area contributed by atoms with Crippen LogP contribution in [-0.4, -0.2) is 30.5 Å². The molecule has 0 spiro atoms. The average Bonchev–Trinajstić information content (AvgIpc) is 2.94. The number of nitrogens with zero attached hydrogens (tertiary/aromatic N) is 1. The summed E-state index contributed by atoms with van der Waals surface area (Å²) >= 11 is 2.09. The van der Waals surface area contributed by atoms with E-state index in [1.54, 1.807) is 36.4 Å². The fourth-order valence-corrected chi connectivity index (χ4v) is 4.29. The van der Waals surface area contributed by atoms with Crippen molar-refractivity contribution in [1.82, 2.24) is 10.7 Å². The number of rotatable bonds is 9. The van der Waals surface area contributed by atoms with E-state index in [0.717, 1.165) is 14.7 Å². The van der Waals surface area contributed by atoms with Gasteiger partial charge >= 0.3 is 5.97 Å². The molecule has 2 amide bonds. The molecule has 0 aromatic heterocycles. The summed E-state index contributed by atoms with van der Waals surface area (Å²) in [6, 6.07) is 32.7. The van der Waals surface area contributed by atoms with E-state index < -0.39 is 17.8 Å². The van der Waals surface area contributed by atoms with Crippen LogP contribution in [0.25, 0.3) is 0 Å². The molecular formula is C30H24IN3O4. The van der Waals surface area contributed by atoms with Gasteiger partial charge in [-0.05, 0) is 75.7 Å². The summed E-state index contributed by atoms with van der Waals surface area (Å²) in [5, 5.41) is 6.64. The van der Waals surface area contributed by atoms with Gasteiger partial charge in [-0.25, -0.2) is 10.2 Å². The Morgan fingerprint density at radius 3 is 1.97 bits per heavy atom. The van der Waals surface area contributed by atoms with Gasteiger partial charge in [-0.1, -0.05) is 72.8 Å². The Morgan fingerprint density at radius 1 is 0.789 bits per heavy atom. The minimum absolute atomic E-state index is 0.223. The second-order valence-electron chi connectivity index (χ2n) is 8.20. The summed E-state index contributed by atoms with van der Waals surface area (Å²) in [6.07, 6.45) is 1.46. The number of ether oxygens (including phenoxy) is 1. The molecule has 0 heterocycles. The van der Waals surface area contributed by atoms with E-state index in [1.807, 2.05) is 72.8 Å². The van der Waals surface area contributed by atoms with Crippen molar-refractivity contribution in [2.75, 3.05) is 6.54 Å². The third-order valence-electron chi connectivity index (χ3n) is 5.54. The van der Waals surface area contributed by atoms with Gasteiger partial charge in [0, 0.05) is 3.57 Å². The standard InChI is InChI=1S/C30H24IN3O4/c31-26-14-8-7-13-25(26)30(37)38-24-17-15-21(16-18-24)19-33-34-27(35)20-32-29(36)28(22-9-3-1-4-10-22)23-11-5-2-6-12-23/h1-19,28H,20H2,(H,32,36)(H,34,35)/b33-19+. The fourth-order valence-electron chi connectivity index (χ4n) is 3.68. The number of hydrazone groups is 1. The van der Waals surface area contributed by atoms with Crippen molar-refractivity contribution >= 4 is 46.6 Å². The highest BCUT2D eigenvalue weighted by molar-refractivity contribution is 14.1. The Balaban J connectivity index is 1.28. The molecule has 4 aromatic carbocycles. The SMILES string of the molecule is O=C(CNC(=O)C(c1ccccc1)c1ccccc1)N/N=C/c1ccc(OC(=O)c2ccccc2I)cc1. The average molecular weight is 617 g/mol. The second-order valence-corrected chi connectivity index (χ2v) is 9.37. The molecule has 0 atom stereocenters. The Kier molecular flexibility index (Phi) is 9.36. The van der Waals surface area contributed by atoms with E-state index in [0.29, 0.717) is 16.9 Å². The van der Waals surface area contributed by atoms with E-state index in [9.17, 15) is 14.4 Å². The van der Waals surface area contributed by atoms with Crippen molar-refractivity contribution in [3.8, 4) is 5.75 Å². The third-order valence-corrected chi connectivity index (χ3v) is 6.48. The van der Waals surface area contributed by atoms with Crippen molar-refractivity contribution < 1.29 is 19.1 Å². The van der Waals surface area contributed by atoms with E-state index >= 15 is 0 Å². The third kappa shape index (κ3) is 7.36. The van der Waals surface area contributed by atoms with Gasteiger partial charge in [-0.2, -0.15) is 5.10 Å². The van der Waals surface area contributed by atoms with Gasteiger partial charge < -0.3 is 10.1 Å². The lowest BCUT2D eigenvalue weighted by Crippen LogP contribution is -2.37. The number of nitrogens with one attached hydrogen (secondary N) is 2. The summed E-state index contributed by atoms with van der Waals surface area (Å²) in [7, 11) is 0. The molecular weight excluding hydrogens is 593 g/mol. The summed E-state index contributed by atoms with van der Waals surface area (Å²) < 4.78 is 6.23. The maximum absolute atomic E-state index is 13.0. The first-order valence-electron chi connectivity index (χ1n) is 11.8. The molecule has 0 saturated heterocycles. The quantitative estimate of drug-likeness (QED) is 0.0918. The van der Waals surface area contributed by atoms with E-state index in [4.69, 9.17) is 4.74 Å². The Labute approximate surface area is 234 Å². The largest absolute Gasteiger partial charge is 0.423 e. The van der Waals surface area contributed by atoms with Gasteiger partial charge in [0.2, 0.25) is 5.91 Å². The van der Waals surface area contributed by atoms with Crippen LogP contribution < -0.4 is 15.5 Å². The lowest BCUT2D eigenvalue weighted by molar-refractivity contribution is -0.126. The highest BCUT2D eigenvalue weighted by Gasteiger charge is 2.22.